The van der Waals surface area contributed by atoms with E-state index in [1.807, 2.05) is 6.92 Å². The van der Waals surface area contributed by atoms with Crippen LogP contribution in [0.1, 0.15) is 85.0 Å². The van der Waals surface area contributed by atoms with E-state index >= 15 is 0 Å². The number of hydrogen-bond acceptors (Lipinski definition) is 6. The van der Waals surface area contributed by atoms with Crippen molar-refractivity contribution in [2.24, 2.45) is 50.7 Å². The van der Waals surface area contributed by atoms with Gasteiger partial charge in [-0.3, -0.25) is 29.2 Å². The number of aliphatic imine (C=N–C) groups is 2. The molecule has 2 atom stereocenters. The van der Waals surface area contributed by atoms with Gasteiger partial charge in [-0.15, -0.1) is 0 Å². The highest BCUT2D eigenvalue weighted by Crippen LogP contribution is 2.16. The average molecular weight is 539 g/mol. The Morgan fingerprint density at radius 3 is 1.82 bits per heavy atom. The van der Waals surface area contributed by atoms with Crippen LogP contribution < -0.4 is 33.6 Å². The topological polar surface area (TPSA) is 221 Å². The third-order valence-corrected chi connectivity index (χ3v) is 6.23. The molecule has 0 saturated carbocycles. The Morgan fingerprint density at radius 1 is 0.737 bits per heavy atom. The van der Waals surface area contributed by atoms with Crippen molar-refractivity contribution in [1.82, 2.24) is 10.6 Å². The van der Waals surface area contributed by atoms with E-state index in [1.165, 1.54) is 0 Å². The van der Waals surface area contributed by atoms with Crippen LogP contribution in [0.5, 0.6) is 0 Å². The van der Waals surface area contributed by atoms with Crippen molar-refractivity contribution in [2.45, 2.75) is 85.0 Å². The summed E-state index contributed by atoms with van der Waals surface area (Å²) in [5, 5.41) is 5.63. The number of unbranched alkanes of at least 4 members (excludes halogenated alkanes) is 2. The van der Waals surface area contributed by atoms with Gasteiger partial charge in [-0.05, 0) is 44.9 Å². The smallest absolute Gasteiger partial charge is 0.223 e. The van der Waals surface area contributed by atoms with Gasteiger partial charge in [0.2, 0.25) is 11.8 Å². The first kappa shape index (κ1) is 34.8. The Bertz CT molecular complexity index is 790. The van der Waals surface area contributed by atoms with Crippen molar-refractivity contribution in [1.29, 1.82) is 0 Å². The summed E-state index contributed by atoms with van der Waals surface area (Å²) < 4.78 is 0. The van der Waals surface area contributed by atoms with Gasteiger partial charge in [0, 0.05) is 50.2 Å². The van der Waals surface area contributed by atoms with Crippen LogP contribution in [0.3, 0.4) is 0 Å². The predicted molar refractivity (Wildman–Crippen MR) is 151 cm³/mol. The van der Waals surface area contributed by atoms with E-state index in [0.717, 1.165) is 32.1 Å². The van der Waals surface area contributed by atoms with E-state index in [1.54, 1.807) is 13.8 Å². The number of guanidine groups is 2. The number of ketones is 2. The number of carbonyl (C=O) groups is 4. The van der Waals surface area contributed by atoms with Crippen LogP contribution in [0.2, 0.25) is 0 Å². The summed E-state index contributed by atoms with van der Waals surface area (Å²) in [4.78, 5) is 57.3. The molecule has 0 aliphatic carbocycles. The van der Waals surface area contributed by atoms with Crippen molar-refractivity contribution in [3.63, 3.8) is 0 Å². The lowest BCUT2D eigenvalue weighted by Gasteiger charge is -2.16. The highest BCUT2D eigenvalue weighted by Gasteiger charge is 2.22. The molecule has 218 valence electrons. The third kappa shape index (κ3) is 18.1. The summed E-state index contributed by atoms with van der Waals surface area (Å²) in [5.74, 6) is -1.08. The van der Waals surface area contributed by atoms with Gasteiger partial charge in [0.1, 0.15) is 5.78 Å². The van der Waals surface area contributed by atoms with Crippen molar-refractivity contribution in [3.05, 3.63) is 0 Å². The molecule has 0 aliphatic heterocycles. The maximum atomic E-state index is 12.6. The molecule has 10 N–H and O–H groups in total. The fraction of sp³-hybridized carbons (Fsp3) is 0.769. The number of Topliss-reactive ketones (excluding diaryl/α,β-unsaturated/α-hetero) is 2. The van der Waals surface area contributed by atoms with Gasteiger partial charge in [-0.25, -0.2) is 0 Å². The lowest BCUT2D eigenvalue weighted by atomic mass is 9.93. The van der Waals surface area contributed by atoms with E-state index in [0.29, 0.717) is 45.3 Å². The molecule has 0 bridgehead atoms. The van der Waals surface area contributed by atoms with Crippen LogP contribution >= 0.6 is 0 Å². The zero-order valence-electron chi connectivity index (χ0n) is 23.5. The number of nitrogens with zero attached hydrogens (tertiary/aromatic N) is 2. The normalized spacial score (nSPS) is 12.3. The molecule has 0 fully saturated rings. The number of nitrogens with one attached hydrogen (secondary N) is 2. The van der Waals surface area contributed by atoms with E-state index in [-0.39, 0.29) is 60.1 Å². The summed E-state index contributed by atoms with van der Waals surface area (Å²) in [6, 6.07) is 0. The van der Waals surface area contributed by atoms with Crippen LogP contribution in [-0.4, -0.2) is 61.5 Å². The monoisotopic (exact) mass is 538 g/mol. The van der Waals surface area contributed by atoms with Crippen molar-refractivity contribution in [3.8, 4) is 0 Å². The lowest BCUT2D eigenvalue weighted by molar-refractivity contribution is -0.131. The highest BCUT2D eigenvalue weighted by atomic mass is 16.2. The average Bonchev–Trinajstić information content (AvgIpc) is 2.85. The minimum Gasteiger partial charge on any atom is -0.370 e. The Labute approximate surface area is 227 Å². The molecule has 2 amide bonds. The van der Waals surface area contributed by atoms with E-state index in [2.05, 4.69) is 20.6 Å². The molecule has 0 radical (unpaired) electrons. The van der Waals surface area contributed by atoms with Crippen molar-refractivity contribution < 1.29 is 19.2 Å². The SMILES string of the molecule is CCC(CCCN=C(N)N)C(=O)NCCCCCC(=O)CC(CCCN=C(N)N)C(=O)NCC(=O)C(C)C. The molecule has 0 saturated heterocycles. The second-order valence-corrected chi connectivity index (χ2v) is 9.88. The van der Waals surface area contributed by atoms with Crippen molar-refractivity contribution >= 4 is 35.3 Å². The molecule has 0 aromatic heterocycles. The molecule has 12 nitrogen and oxygen atoms in total. The Morgan fingerprint density at radius 2 is 1.29 bits per heavy atom. The van der Waals surface area contributed by atoms with E-state index in [4.69, 9.17) is 22.9 Å². The van der Waals surface area contributed by atoms with Gasteiger partial charge in [0.05, 0.1) is 6.54 Å². The molecule has 0 aromatic rings. The van der Waals surface area contributed by atoms with Gasteiger partial charge in [-0.2, -0.15) is 0 Å². The quantitative estimate of drug-likeness (QED) is 0.0652. The lowest BCUT2D eigenvalue weighted by Crippen LogP contribution is -2.37. The molecule has 38 heavy (non-hydrogen) atoms. The first-order valence-corrected chi connectivity index (χ1v) is 13.7. The summed E-state index contributed by atoms with van der Waals surface area (Å²) in [7, 11) is 0. The first-order valence-electron chi connectivity index (χ1n) is 13.7. The predicted octanol–water partition coefficient (Wildman–Crippen LogP) is 0.713. The number of amides is 2. The van der Waals surface area contributed by atoms with Crippen LogP contribution in [0, 0.1) is 17.8 Å². The molecule has 12 heteroatoms. The van der Waals surface area contributed by atoms with Gasteiger partial charge in [0.15, 0.2) is 17.7 Å². The fourth-order valence-corrected chi connectivity index (χ4v) is 3.82. The third-order valence-electron chi connectivity index (χ3n) is 6.23. The zero-order chi connectivity index (χ0) is 28.9. The zero-order valence-corrected chi connectivity index (χ0v) is 23.5. The Kier molecular flexibility index (Phi) is 19.1. The number of hydrogen-bond donors (Lipinski definition) is 6. The van der Waals surface area contributed by atoms with Gasteiger partial charge >= 0.3 is 0 Å². The molecule has 0 spiro atoms. The molecule has 0 heterocycles. The Balaban J connectivity index is 4.43. The Hall–Kier alpha value is -3.18. The minimum atomic E-state index is -0.533. The van der Waals surface area contributed by atoms with Crippen molar-refractivity contribution in [2.75, 3.05) is 26.2 Å². The van der Waals surface area contributed by atoms with Gasteiger partial charge < -0.3 is 33.6 Å². The maximum absolute atomic E-state index is 12.6. The summed E-state index contributed by atoms with van der Waals surface area (Å²) >= 11 is 0. The molecule has 0 aromatic carbocycles. The molecule has 0 aliphatic rings. The van der Waals surface area contributed by atoms with Gasteiger partial charge in [-0.1, -0.05) is 27.2 Å². The second kappa shape index (κ2) is 20.8. The van der Waals surface area contributed by atoms with Gasteiger partial charge in [0.25, 0.3) is 0 Å². The summed E-state index contributed by atoms with van der Waals surface area (Å²) in [5.41, 5.74) is 21.3. The molecule has 0 rings (SSSR count). The molecule has 2 unspecified atom stereocenters. The van der Waals surface area contributed by atoms with Crippen LogP contribution in [-0.2, 0) is 19.2 Å². The number of rotatable bonds is 22. The molecular formula is C26H50N8O4. The largest absolute Gasteiger partial charge is 0.370 e. The maximum Gasteiger partial charge on any atom is 0.223 e. The number of carbonyl (C=O) groups excluding carboxylic acids is 4. The standard InChI is InChI=1S/C26H50N8O4/c1-4-19(10-8-14-32-25(27)28)23(37)31-13-7-5-6-12-21(35)16-20(11-9-15-33-26(29)30)24(38)34-17-22(36)18(2)3/h18-20H,4-17H2,1-3H3,(H,31,37)(H,34,38)(H4,27,28,32)(H4,29,30,33). The van der Waals surface area contributed by atoms with E-state index < -0.39 is 5.92 Å². The first-order chi connectivity index (χ1) is 18.0. The van der Waals surface area contributed by atoms with E-state index in [9.17, 15) is 19.2 Å². The summed E-state index contributed by atoms with van der Waals surface area (Å²) in [6.07, 6.45) is 5.91. The minimum absolute atomic E-state index is 0.00182. The van der Waals surface area contributed by atoms with Crippen LogP contribution in [0.25, 0.3) is 0 Å². The molecular weight excluding hydrogens is 488 g/mol. The fourth-order valence-electron chi connectivity index (χ4n) is 3.82. The highest BCUT2D eigenvalue weighted by molar-refractivity contribution is 5.90. The van der Waals surface area contributed by atoms with Crippen LogP contribution in [0.15, 0.2) is 9.98 Å². The second-order valence-electron chi connectivity index (χ2n) is 9.88. The van der Waals surface area contributed by atoms with Crippen LogP contribution in [0.4, 0.5) is 0 Å². The number of nitrogens with two attached hydrogens (primary N) is 4. The summed E-state index contributed by atoms with van der Waals surface area (Å²) in [6.45, 7) is 6.91.